The average molecular weight is 422 g/mol. The molecule has 8 heteroatoms. The fraction of sp³-hybridized carbons (Fsp3) is 0.300. The van der Waals surface area contributed by atoms with Crippen LogP contribution in [0.5, 0.6) is 5.75 Å². The molecule has 0 radical (unpaired) electrons. The van der Waals surface area contributed by atoms with Crippen molar-refractivity contribution in [2.75, 3.05) is 32.8 Å². The van der Waals surface area contributed by atoms with E-state index in [4.69, 9.17) is 33.7 Å². The number of rotatable bonds is 6. The van der Waals surface area contributed by atoms with E-state index in [1.54, 1.807) is 30.3 Å². The third-order valence-corrected chi connectivity index (χ3v) is 5.43. The SMILES string of the molecule is NC(=O)COc1ccc(C(=O)N2CCN(Cc3cccc(Cl)c3Cl)CC2)cc1. The quantitative estimate of drug-likeness (QED) is 0.777. The third kappa shape index (κ3) is 5.16. The second-order valence-corrected chi connectivity index (χ2v) is 7.35. The van der Waals surface area contributed by atoms with Crippen LogP contribution in [0.2, 0.25) is 10.0 Å². The zero-order valence-corrected chi connectivity index (χ0v) is 16.7. The van der Waals surface area contributed by atoms with Gasteiger partial charge in [-0.05, 0) is 35.9 Å². The summed E-state index contributed by atoms with van der Waals surface area (Å²) in [5, 5.41) is 1.14. The number of halogens is 2. The van der Waals surface area contributed by atoms with Crippen molar-refractivity contribution in [2.24, 2.45) is 5.73 Å². The lowest BCUT2D eigenvalue weighted by molar-refractivity contribution is -0.119. The Balaban J connectivity index is 1.53. The number of hydrogen-bond acceptors (Lipinski definition) is 4. The number of piperazine rings is 1. The molecule has 0 atom stereocenters. The smallest absolute Gasteiger partial charge is 0.255 e. The number of nitrogens with two attached hydrogens (primary N) is 1. The fourth-order valence-electron chi connectivity index (χ4n) is 3.05. The first kappa shape index (κ1) is 20.5. The standard InChI is InChI=1S/C20H21Cl2N3O3/c21-17-3-1-2-15(19(17)22)12-24-8-10-25(11-9-24)20(27)14-4-6-16(7-5-14)28-13-18(23)26/h1-7H,8-13H2,(H2,23,26). The summed E-state index contributed by atoms with van der Waals surface area (Å²) in [6.07, 6.45) is 0. The Kier molecular flexibility index (Phi) is 6.78. The Morgan fingerprint density at radius 3 is 2.32 bits per heavy atom. The van der Waals surface area contributed by atoms with E-state index in [0.717, 1.165) is 18.7 Å². The molecule has 6 nitrogen and oxygen atoms in total. The van der Waals surface area contributed by atoms with Crippen molar-refractivity contribution in [3.05, 3.63) is 63.6 Å². The Morgan fingerprint density at radius 2 is 1.68 bits per heavy atom. The zero-order chi connectivity index (χ0) is 20.1. The summed E-state index contributed by atoms with van der Waals surface area (Å²) < 4.78 is 5.21. The van der Waals surface area contributed by atoms with E-state index in [1.807, 2.05) is 17.0 Å². The van der Waals surface area contributed by atoms with Crippen LogP contribution in [0.25, 0.3) is 0 Å². The van der Waals surface area contributed by atoms with E-state index < -0.39 is 5.91 Å². The number of hydrogen-bond donors (Lipinski definition) is 1. The molecule has 1 fully saturated rings. The Bertz CT molecular complexity index is 850. The molecule has 0 bridgehead atoms. The molecule has 2 N–H and O–H groups in total. The van der Waals surface area contributed by atoms with Gasteiger partial charge in [0.15, 0.2) is 6.61 Å². The van der Waals surface area contributed by atoms with Crippen molar-refractivity contribution in [1.82, 2.24) is 9.80 Å². The van der Waals surface area contributed by atoms with Crippen molar-refractivity contribution >= 4 is 35.0 Å². The van der Waals surface area contributed by atoms with E-state index in [9.17, 15) is 9.59 Å². The van der Waals surface area contributed by atoms with Crippen molar-refractivity contribution < 1.29 is 14.3 Å². The Hall–Kier alpha value is -2.28. The molecule has 0 aromatic heterocycles. The summed E-state index contributed by atoms with van der Waals surface area (Å²) in [5.41, 5.74) is 6.62. The number of nitrogens with zero attached hydrogens (tertiary/aromatic N) is 2. The van der Waals surface area contributed by atoms with Gasteiger partial charge in [0, 0.05) is 38.3 Å². The molecule has 1 aliphatic rings. The molecular formula is C20H21Cl2N3O3. The molecular weight excluding hydrogens is 401 g/mol. The molecule has 0 unspecified atom stereocenters. The second kappa shape index (κ2) is 9.28. The largest absolute Gasteiger partial charge is 0.484 e. The first-order valence-electron chi connectivity index (χ1n) is 8.89. The van der Waals surface area contributed by atoms with Gasteiger partial charge in [-0.3, -0.25) is 14.5 Å². The minimum Gasteiger partial charge on any atom is -0.484 e. The van der Waals surface area contributed by atoms with Gasteiger partial charge in [-0.15, -0.1) is 0 Å². The predicted molar refractivity (Wildman–Crippen MR) is 109 cm³/mol. The molecule has 2 amide bonds. The molecule has 0 aliphatic carbocycles. The molecule has 0 saturated carbocycles. The van der Waals surface area contributed by atoms with Gasteiger partial charge in [0.05, 0.1) is 10.0 Å². The summed E-state index contributed by atoms with van der Waals surface area (Å²) in [6.45, 7) is 3.30. The highest BCUT2D eigenvalue weighted by Gasteiger charge is 2.22. The third-order valence-electron chi connectivity index (χ3n) is 4.57. The molecule has 0 spiro atoms. The lowest BCUT2D eigenvalue weighted by Crippen LogP contribution is -2.48. The van der Waals surface area contributed by atoms with Gasteiger partial charge in [-0.2, -0.15) is 0 Å². The lowest BCUT2D eigenvalue weighted by Gasteiger charge is -2.35. The highest BCUT2D eigenvalue weighted by molar-refractivity contribution is 6.42. The summed E-state index contributed by atoms with van der Waals surface area (Å²) in [4.78, 5) is 27.5. The van der Waals surface area contributed by atoms with E-state index in [2.05, 4.69) is 4.90 Å². The van der Waals surface area contributed by atoms with Crippen molar-refractivity contribution in [3.63, 3.8) is 0 Å². The van der Waals surface area contributed by atoms with Crippen LogP contribution in [0.1, 0.15) is 15.9 Å². The van der Waals surface area contributed by atoms with Crippen LogP contribution in [-0.2, 0) is 11.3 Å². The average Bonchev–Trinajstić information content (AvgIpc) is 2.70. The zero-order valence-electron chi connectivity index (χ0n) is 15.2. The Morgan fingerprint density at radius 1 is 1.00 bits per heavy atom. The first-order valence-corrected chi connectivity index (χ1v) is 9.65. The van der Waals surface area contributed by atoms with Crippen LogP contribution in [0.4, 0.5) is 0 Å². The highest BCUT2D eigenvalue weighted by atomic mass is 35.5. The number of benzene rings is 2. The normalized spacial score (nSPS) is 14.7. The van der Waals surface area contributed by atoms with E-state index in [1.165, 1.54) is 0 Å². The van der Waals surface area contributed by atoms with Gasteiger partial charge in [0.1, 0.15) is 5.75 Å². The topological polar surface area (TPSA) is 75.9 Å². The lowest BCUT2D eigenvalue weighted by atomic mass is 10.1. The maximum absolute atomic E-state index is 12.7. The molecule has 1 heterocycles. The Labute approximate surface area is 173 Å². The highest BCUT2D eigenvalue weighted by Crippen LogP contribution is 2.27. The fourth-order valence-corrected chi connectivity index (χ4v) is 3.43. The van der Waals surface area contributed by atoms with Crippen molar-refractivity contribution in [1.29, 1.82) is 0 Å². The van der Waals surface area contributed by atoms with Crippen LogP contribution in [0, 0.1) is 0 Å². The number of carbonyl (C=O) groups excluding carboxylic acids is 2. The van der Waals surface area contributed by atoms with E-state index in [0.29, 0.717) is 41.0 Å². The monoisotopic (exact) mass is 421 g/mol. The maximum atomic E-state index is 12.7. The summed E-state index contributed by atoms with van der Waals surface area (Å²) in [5.74, 6) is -0.0717. The van der Waals surface area contributed by atoms with Gasteiger partial charge in [-0.1, -0.05) is 35.3 Å². The molecule has 1 saturated heterocycles. The predicted octanol–water partition coefficient (Wildman–Crippen LogP) is 2.82. The minimum absolute atomic E-state index is 0.0260. The number of ether oxygens (including phenoxy) is 1. The summed E-state index contributed by atoms with van der Waals surface area (Å²) >= 11 is 12.3. The number of amides is 2. The number of carbonyl (C=O) groups is 2. The van der Waals surface area contributed by atoms with Crippen LogP contribution in [-0.4, -0.2) is 54.4 Å². The molecule has 1 aliphatic heterocycles. The number of primary amides is 1. The molecule has 148 valence electrons. The van der Waals surface area contributed by atoms with Crippen LogP contribution >= 0.6 is 23.2 Å². The van der Waals surface area contributed by atoms with E-state index >= 15 is 0 Å². The van der Waals surface area contributed by atoms with Crippen molar-refractivity contribution in [2.45, 2.75) is 6.54 Å². The van der Waals surface area contributed by atoms with Crippen molar-refractivity contribution in [3.8, 4) is 5.75 Å². The van der Waals surface area contributed by atoms with Crippen LogP contribution in [0.3, 0.4) is 0 Å². The first-order chi connectivity index (χ1) is 13.4. The maximum Gasteiger partial charge on any atom is 0.255 e. The van der Waals surface area contributed by atoms with Gasteiger partial charge >= 0.3 is 0 Å². The second-order valence-electron chi connectivity index (χ2n) is 6.56. The van der Waals surface area contributed by atoms with Crippen LogP contribution < -0.4 is 10.5 Å². The molecule has 2 aromatic carbocycles. The summed E-state index contributed by atoms with van der Waals surface area (Å²) in [6, 6.07) is 12.3. The molecule has 28 heavy (non-hydrogen) atoms. The van der Waals surface area contributed by atoms with Gasteiger partial charge in [-0.25, -0.2) is 0 Å². The van der Waals surface area contributed by atoms with E-state index in [-0.39, 0.29) is 12.5 Å². The summed E-state index contributed by atoms with van der Waals surface area (Å²) in [7, 11) is 0. The minimum atomic E-state index is -0.544. The molecule has 2 aromatic rings. The van der Waals surface area contributed by atoms with Gasteiger partial charge in [0.2, 0.25) is 0 Å². The van der Waals surface area contributed by atoms with Gasteiger partial charge in [0.25, 0.3) is 11.8 Å². The van der Waals surface area contributed by atoms with Gasteiger partial charge < -0.3 is 15.4 Å². The van der Waals surface area contributed by atoms with Crippen LogP contribution in [0.15, 0.2) is 42.5 Å². The molecule has 3 rings (SSSR count).